The van der Waals surface area contributed by atoms with Crippen LogP contribution in [-0.2, 0) is 18.3 Å². The van der Waals surface area contributed by atoms with Crippen molar-refractivity contribution in [3.05, 3.63) is 18.2 Å². The average Bonchev–Trinajstić information content (AvgIpc) is 2.75. The Labute approximate surface area is 110 Å². The molecule has 0 amide bonds. The Bertz CT molecular complexity index is 321. The fourth-order valence-corrected chi connectivity index (χ4v) is 1.66. The number of nitrogens with zero attached hydrogens (tertiary/aromatic N) is 1. The predicted octanol–water partition coefficient (Wildman–Crippen LogP) is 1.50. The number of rotatable bonds is 7. The van der Waals surface area contributed by atoms with Gasteiger partial charge in [0.2, 0.25) is 0 Å². The highest BCUT2D eigenvalue weighted by Crippen LogP contribution is 2.03. The maximum Gasteiger partial charge on any atom is 0.253 e. The number of nitrogens with one attached hydrogen (secondary N) is 1. The number of aromatic nitrogens is 2. The Morgan fingerprint density at radius 1 is 1.28 bits per heavy atom. The monoisotopic (exact) mass is 254 g/mol. The number of carbonyl (C=O) groups excluding carboxylic acids is 1. The number of carboxylic acids is 1. The highest BCUT2D eigenvalue weighted by Gasteiger charge is 1.99. The van der Waals surface area contributed by atoms with E-state index in [9.17, 15) is 9.90 Å². The molecule has 1 aromatic rings. The summed E-state index contributed by atoms with van der Waals surface area (Å²) in [5.74, 6) is 0.349. The molecule has 0 saturated carbocycles. The van der Waals surface area contributed by atoms with E-state index in [1.54, 1.807) is 0 Å². The van der Waals surface area contributed by atoms with Gasteiger partial charge in [-0.3, -0.25) is 0 Å². The molecule has 0 saturated heterocycles. The van der Waals surface area contributed by atoms with Gasteiger partial charge in [0.25, 0.3) is 5.82 Å². The van der Waals surface area contributed by atoms with Crippen molar-refractivity contribution in [1.82, 2.24) is 4.98 Å². The molecule has 4 nitrogen and oxygen atoms in total. The minimum Gasteiger partial charge on any atom is -0.550 e. The zero-order valence-corrected chi connectivity index (χ0v) is 11.9. The molecule has 0 fully saturated rings. The lowest BCUT2D eigenvalue weighted by Gasteiger charge is -2.00. The summed E-state index contributed by atoms with van der Waals surface area (Å²) in [4.78, 5) is 13.0. The molecular formula is C14H26N2O2. The van der Waals surface area contributed by atoms with Crippen LogP contribution in [0, 0.1) is 0 Å². The van der Waals surface area contributed by atoms with E-state index in [1.165, 1.54) is 18.7 Å². The SMILES string of the molecule is CCCCCCCC(=O)[O-].CCc1[nH]cc[n+]1C. The van der Waals surface area contributed by atoms with E-state index in [0.717, 1.165) is 25.7 Å². The van der Waals surface area contributed by atoms with Crippen LogP contribution in [0.15, 0.2) is 12.4 Å². The number of carbonyl (C=O) groups is 1. The van der Waals surface area contributed by atoms with Gasteiger partial charge < -0.3 is 9.90 Å². The van der Waals surface area contributed by atoms with Crippen LogP contribution < -0.4 is 9.67 Å². The number of hydrogen-bond donors (Lipinski definition) is 1. The van der Waals surface area contributed by atoms with Crippen molar-refractivity contribution in [2.45, 2.75) is 58.8 Å². The van der Waals surface area contributed by atoms with E-state index in [4.69, 9.17) is 0 Å². The largest absolute Gasteiger partial charge is 0.550 e. The van der Waals surface area contributed by atoms with Crippen LogP contribution in [-0.4, -0.2) is 11.0 Å². The molecule has 0 radical (unpaired) electrons. The zero-order chi connectivity index (χ0) is 13.8. The number of H-pyrrole nitrogens is 1. The Hall–Kier alpha value is -1.32. The van der Waals surface area contributed by atoms with E-state index in [0.29, 0.717) is 0 Å². The van der Waals surface area contributed by atoms with E-state index >= 15 is 0 Å². The summed E-state index contributed by atoms with van der Waals surface area (Å²) in [6.07, 6.45) is 10.6. The molecule has 18 heavy (non-hydrogen) atoms. The normalized spacial score (nSPS) is 9.72. The van der Waals surface area contributed by atoms with Crippen molar-refractivity contribution < 1.29 is 14.5 Å². The summed E-state index contributed by atoms with van der Waals surface area (Å²) in [6.45, 7) is 4.27. The highest BCUT2D eigenvalue weighted by molar-refractivity contribution is 5.63. The Kier molecular flexibility index (Phi) is 10.0. The minimum absolute atomic E-state index is 0.226. The summed E-state index contributed by atoms with van der Waals surface area (Å²) in [5, 5.41) is 9.92. The van der Waals surface area contributed by atoms with Crippen LogP contribution in [0.5, 0.6) is 0 Å². The predicted molar refractivity (Wildman–Crippen MR) is 69.7 cm³/mol. The first-order valence-corrected chi connectivity index (χ1v) is 6.83. The lowest BCUT2D eigenvalue weighted by molar-refractivity contribution is -0.677. The van der Waals surface area contributed by atoms with E-state index in [-0.39, 0.29) is 6.42 Å². The number of unbranched alkanes of at least 4 members (excludes halogenated alkanes) is 4. The fraction of sp³-hybridized carbons (Fsp3) is 0.714. The number of carboxylic acid groups (broad SMARTS) is 1. The molecular weight excluding hydrogens is 228 g/mol. The quantitative estimate of drug-likeness (QED) is 0.592. The highest BCUT2D eigenvalue weighted by atomic mass is 16.4. The molecule has 0 aromatic carbocycles. The molecule has 0 atom stereocenters. The van der Waals surface area contributed by atoms with E-state index in [1.807, 2.05) is 19.4 Å². The molecule has 0 spiro atoms. The zero-order valence-electron chi connectivity index (χ0n) is 11.9. The fourth-order valence-electron chi connectivity index (χ4n) is 1.66. The second-order valence-electron chi connectivity index (χ2n) is 4.41. The summed E-state index contributed by atoms with van der Waals surface area (Å²) >= 11 is 0. The van der Waals surface area contributed by atoms with Gasteiger partial charge in [-0.1, -0.05) is 39.5 Å². The molecule has 1 rings (SSSR count). The number of aromatic amines is 1. The second kappa shape index (κ2) is 10.8. The van der Waals surface area contributed by atoms with Crippen LogP contribution in [0.25, 0.3) is 0 Å². The van der Waals surface area contributed by atoms with Gasteiger partial charge in [0.05, 0.1) is 7.05 Å². The third kappa shape index (κ3) is 8.79. The molecule has 1 aromatic heterocycles. The first kappa shape index (κ1) is 16.7. The smallest absolute Gasteiger partial charge is 0.253 e. The molecule has 4 heteroatoms. The van der Waals surface area contributed by atoms with Crippen molar-refractivity contribution >= 4 is 5.97 Å². The number of hydrogen-bond acceptors (Lipinski definition) is 2. The Morgan fingerprint density at radius 2 is 1.94 bits per heavy atom. The topological polar surface area (TPSA) is 59.8 Å². The number of imidazole rings is 1. The van der Waals surface area contributed by atoms with Crippen molar-refractivity contribution in [3.63, 3.8) is 0 Å². The van der Waals surface area contributed by atoms with Crippen LogP contribution in [0.4, 0.5) is 0 Å². The van der Waals surface area contributed by atoms with E-state index < -0.39 is 5.97 Å². The van der Waals surface area contributed by atoms with Crippen LogP contribution in [0.3, 0.4) is 0 Å². The van der Waals surface area contributed by atoms with Crippen molar-refractivity contribution in [2.24, 2.45) is 7.05 Å². The lowest BCUT2D eigenvalue weighted by Crippen LogP contribution is -2.29. The molecule has 104 valence electrons. The van der Waals surface area contributed by atoms with Gasteiger partial charge >= 0.3 is 0 Å². The van der Waals surface area contributed by atoms with Crippen LogP contribution in [0.2, 0.25) is 0 Å². The lowest BCUT2D eigenvalue weighted by atomic mass is 10.1. The third-order valence-electron chi connectivity index (χ3n) is 2.79. The molecule has 1 heterocycles. The molecule has 0 bridgehead atoms. The van der Waals surface area contributed by atoms with Gasteiger partial charge in [-0.05, 0) is 12.8 Å². The average molecular weight is 254 g/mol. The summed E-state index contributed by atoms with van der Waals surface area (Å²) < 4.78 is 2.08. The molecule has 0 aliphatic carbocycles. The van der Waals surface area contributed by atoms with Gasteiger partial charge in [-0.25, -0.2) is 9.55 Å². The Balaban J connectivity index is 0.000000327. The molecule has 0 aliphatic rings. The van der Waals surface area contributed by atoms with Gasteiger partial charge in [-0.15, -0.1) is 0 Å². The first-order valence-electron chi connectivity index (χ1n) is 6.83. The number of aryl methyl sites for hydroxylation is 2. The van der Waals surface area contributed by atoms with Crippen molar-refractivity contribution in [2.75, 3.05) is 0 Å². The molecule has 0 unspecified atom stereocenters. The third-order valence-corrected chi connectivity index (χ3v) is 2.79. The first-order chi connectivity index (χ1) is 8.61. The maximum atomic E-state index is 9.92. The summed E-state index contributed by atoms with van der Waals surface area (Å²) in [7, 11) is 2.04. The van der Waals surface area contributed by atoms with Gasteiger partial charge in [-0.2, -0.15) is 0 Å². The minimum atomic E-state index is -0.920. The summed E-state index contributed by atoms with van der Waals surface area (Å²) in [6, 6.07) is 0. The summed E-state index contributed by atoms with van der Waals surface area (Å²) in [5.41, 5.74) is 0. The van der Waals surface area contributed by atoms with Crippen molar-refractivity contribution in [1.29, 1.82) is 0 Å². The number of aliphatic carboxylic acids is 1. The molecule has 0 aliphatic heterocycles. The molecule has 1 N–H and O–H groups in total. The van der Waals surface area contributed by atoms with Gasteiger partial charge in [0.1, 0.15) is 12.4 Å². The van der Waals surface area contributed by atoms with Gasteiger partial charge in [0.15, 0.2) is 0 Å². The van der Waals surface area contributed by atoms with Gasteiger partial charge in [0, 0.05) is 12.4 Å². The van der Waals surface area contributed by atoms with Crippen LogP contribution >= 0.6 is 0 Å². The standard InChI is InChI=1S/C8H16O2.C6H10N2/c1-2-3-4-5-6-7-8(9)10;1-3-6-7-4-5-8(6)2/h2-7H2,1H3,(H,9,10);4-5H,3H2,1-2H3. The van der Waals surface area contributed by atoms with Crippen LogP contribution in [0.1, 0.15) is 58.2 Å². The van der Waals surface area contributed by atoms with Crippen molar-refractivity contribution in [3.8, 4) is 0 Å². The maximum absolute atomic E-state index is 9.92. The second-order valence-corrected chi connectivity index (χ2v) is 4.41. The Morgan fingerprint density at radius 3 is 2.33 bits per heavy atom. The van der Waals surface area contributed by atoms with E-state index in [2.05, 4.69) is 23.4 Å².